The molecule has 1 amide bonds. The molecule has 1 aliphatic rings. The number of piperazine rings is 1. The van der Waals surface area contributed by atoms with Crippen LogP contribution in [0.15, 0.2) is 53.1 Å². The predicted molar refractivity (Wildman–Crippen MR) is 125 cm³/mol. The van der Waals surface area contributed by atoms with E-state index in [1.807, 2.05) is 56.3 Å². The fourth-order valence-corrected chi connectivity index (χ4v) is 3.97. The summed E-state index contributed by atoms with van der Waals surface area (Å²) < 4.78 is 10.9. The molecule has 7 nitrogen and oxygen atoms in total. The molecule has 2 aromatic carbocycles. The number of oxazole rings is 1. The van der Waals surface area contributed by atoms with Gasteiger partial charge in [-0.15, -0.1) is 0 Å². The molecule has 2 heterocycles. The molecule has 1 aromatic heterocycles. The van der Waals surface area contributed by atoms with Gasteiger partial charge in [0.1, 0.15) is 12.0 Å². The number of aromatic nitrogens is 1. The number of carbonyl (C=O) groups is 1. The fraction of sp³-hybridized carbons (Fsp3) is 0.360. The van der Waals surface area contributed by atoms with Crippen molar-refractivity contribution in [3.8, 4) is 17.2 Å². The van der Waals surface area contributed by atoms with Crippen molar-refractivity contribution in [2.75, 3.05) is 45.2 Å². The summed E-state index contributed by atoms with van der Waals surface area (Å²) in [7, 11) is 1.65. The number of para-hydroxylation sites is 1. The zero-order valence-corrected chi connectivity index (χ0v) is 18.9. The molecular weight excluding hydrogens is 404 g/mol. The van der Waals surface area contributed by atoms with E-state index in [9.17, 15) is 4.79 Å². The lowest BCUT2D eigenvalue weighted by molar-refractivity contribution is -0.117. The van der Waals surface area contributed by atoms with Crippen LogP contribution in [0.4, 0.5) is 5.69 Å². The Labute approximate surface area is 189 Å². The second-order valence-electron chi connectivity index (χ2n) is 8.24. The highest BCUT2D eigenvalue weighted by Gasteiger charge is 2.20. The fourth-order valence-electron chi connectivity index (χ4n) is 3.97. The van der Waals surface area contributed by atoms with Gasteiger partial charge in [-0.25, -0.2) is 4.98 Å². The predicted octanol–water partition coefficient (Wildman–Crippen LogP) is 3.72. The Hall–Kier alpha value is -3.16. The summed E-state index contributed by atoms with van der Waals surface area (Å²) >= 11 is 0. The first-order valence-electron chi connectivity index (χ1n) is 10.9. The van der Waals surface area contributed by atoms with Crippen molar-refractivity contribution < 1.29 is 13.9 Å². The standard InChI is InChI=1S/C25H30N4O3/c1-18-5-4-6-19(2)24(18)27-23(30)16-29-13-11-28(12-14-29)15-21-17-32-25(26-21)20-7-9-22(31-3)10-8-20/h4-10,17H,11-16H2,1-3H3,(H,27,30). The van der Waals surface area contributed by atoms with Crippen LogP contribution in [0, 0.1) is 13.8 Å². The number of nitrogens with one attached hydrogen (secondary N) is 1. The number of rotatable bonds is 7. The number of amides is 1. The van der Waals surface area contributed by atoms with E-state index in [1.54, 1.807) is 13.4 Å². The molecule has 168 valence electrons. The van der Waals surface area contributed by atoms with Gasteiger partial charge in [-0.2, -0.15) is 0 Å². The molecule has 1 aliphatic heterocycles. The minimum atomic E-state index is 0.0384. The van der Waals surface area contributed by atoms with Crippen LogP contribution >= 0.6 is 0 Å². The van der Waals surface area contributed by atoms with Crippen LogP contribution in [-0.2, 0) is 11.3 Å². The van der Waals surface area contributed by atoms with Crippen molar-refractivity contribution >= 4 is 11.6 Å². The summed E-state index contributed by atoms with van der Waals surface area (Å²) in [5.74, 6) is 1.46. The average molecular weight is 435 g/mol. The number of nitrogens with zero attached hydrogens (tertiary/aromatic N) is 3. The van der Waals surface area contributed by atoms with Gasteiger partial charge >= 0.3 is 0 Å². The quantitative estimate of drug-likeness (QED) is 0.611. The maximum absolute atomic E-state index is 12.5. The summed E-state index contributed by atoms with van der Waals surface area (Å²) in [4.78, 5) is 21.7. The van der Waals surface area contributed by atoms with Crippen LogP contribution < -0.4 is 10.1 Å². The molecule has 32 heavy (non-hydrogen) atoms. The lowest BCUT2D eigenvalue weighted by Crippen LogP contribution is -2.48. The van der Waals surface area contributed by atoms with Gasteiger partial charge in [0.15, 0.2) is 0 Å². The number of hydrogen-bond acceptors (Lipinski definition) is 6. The normalized spacial score (nSPS) is 15.0. The van der Waals surface area contributed by atoms with E-state index in [1.165, 1.54) is 0 Å². The largest absolute Gasteiger partial charge is 0.497 e. The van der Waals surface area contributed by atoms with Crippen LogP contribution in [0.2, 0.25) is 0 Å². The van der Waals surface area contributed by atoms with Gasteiger partial charge in [0.2, 0.25) is 11.8 Å². The van der Waals surface area contributed by atoms with E-state index in [4.69, 9.17) is 9.15 Å². The van der Waals surface area contributed by atoms with E-state index in [0.29, 0.717) is 12.4 Å². The Balaban J connectivity index is 1.25. The first kappa shape index (κ1) is 22.0. The van der Waals surface area contributed by atoms with Gasteiger partial charge in [0.05, 0.1) is 19.3 Å². The van der Waals surface area contributed by atoms with Crippen LogP contribution in [0.3, 0.4) is 0 Å². The SMILES string of the molecule is COc1ccc(-c2nc(CN3CCN(CC(=O)Nc4c(C)cccc4C)CC3)co2)cc1. The molecule has 3 aromatic rings. The molecular formula is C25H30N4O3. The number of methoxy groups -OCH3 is 1. The molecule has 0 unspecified atom stereocenters. The van der Waals surface area contributed by atoms with Crippen molar-refractivity contribution in [2.45, 2.75) is 20.4 Å². The zero-order chi connectivity index (χ0) is 22.5. The van der Waals surface area contributed by atoms with Gasteiger partial charge < -0.3 is 14.5 Å². The van der Waals surface area contributed by atoms with Crippen LogP contribution in [0.25, 0.3) is 11.5 Å². The lowest BCUT2D eigenvalue weighted by atomic mass is 10.1. The van der Waals surface area contributed by atoms with Crippen molar-refractivity contribution in [1.29, 1.82) is 0 Å². The first-order valence-corrected chi connectivity index (χ1v) is 10.9. The van der Waals surface area contributed by atoms with Crippen LogP contribution in [-0.4, -0.2) is 60.5 Å². The highest BCUT2D eigenvalue weighted by Crippen LogP contribution is 2.23. The molecule has 4 rings (SSSR count). The summed E-state index contributed by atoms with van der Waals surface area (Å²) in [6, 6.07) is 13.7. The highest BCUT2D eigenvalue weighted by molar-refractivity contribution is 5.93. The third-order valence-electron chi connectivity index (χ3n) is 5.85. The van der Waals surface area contributed by atoms with Crippen LogP contribution in [0.1, 0.15) is 16.8 Å². The topological polar surface area (TPSA) is 70.8 Å². The van der Waals surface area contributed by atoms with Crippen molar-refractivity contribution in [1.82, 2.24) is 14.8 Å². The van der Waals surface area contributed by atoms with E-state index in [2.05, 4.69) is 20.1 Å². The number of carbonyl (C=O) groups excluding carboxylic acids is 1. The molecule has 0 bridgehead atoms. The van der Waals surface area contributed by atoms with Gasteiger partial charge in [-0.05, 0) is 49.2 Å². The third-order valence-corrected chi connectivity index (χ3v) is 5.85. The molecule has 7 heteroatoms. The van der Waals surface area contributed by atoms with Crippen LogP contribution in [0.5, 0.6) is 5.75 Å². The number of aryl methyl sites for hydroxylation is 2. The van der Waals surface area contributed by atoms with Crippen molar-refractivity contribution in [3.63, 3.8) is 0 Å². The van der Waals surface area contributed by atoms with Crippen molar-refractivity contribution in [3.05, 3.63) is 65.5 Å². The Morgan fingerprint density at radius 1 is 1.03 bits per heavy atom. The monoisotopic (exact) mass is 434 g/mol. The number of benzene rings is 2. The Morgan fingerprint density at radius 2 is 1.69 bits per heavy atom. The van der Waals surface area contributed by atoms with E-state index in [0.717, 1.165) is 66.5 Å². The Bertz CT molecular complexity index is 1030. The molecule has 0 aliphatic carbocycles. The molecule has 1 saturated heterocycles. The zero-order valence-electron chi connectivity index (χ0n) is 18.9. The lowest BCUT2D eigenvalue weighted by Gasteiger charge is -2.33. The maximum Gasteiger partial charge on any atom is 0.238 e. The summed E-state index contributed by atoms with van der Waals surface area (Å²) in [6.45, 7) is 8.67. The second-order valence-corrected chi connectivity index (χ2v) is 8.24. The minimum Gasteiger partial charge on any atom is -0.497 e. The van der Waals surface area contributed by atoms with Gasteiger partial charge in [-0.1, -0.05) is 18.2 Å². The molecule has 0 saturated carbocycles. The molecule has 1 fully saturated rings. The van der Waals surface area contributed by atoms with Gasteiger partial charge in [0.25, 0.3) is 0 Å². The number of hydrogen-bond donors (Lipinski definition) is 1. The van der Waals surface area contributed by atoms with E-state index in [-0.39, 0.29) is 5.91 Å². The number of ether oxygens (including phenoxy) is 1. The first-order chi connectivity index (χ1) is 15.5. The smallest absolute Gasteiger partial charge is 0.238 e. The Kier molecular flexibility index (Phi) is 6.87. The van der Waals surface area contributed by atoms with E-state index >= 15 is 0 Å². The van der Waals surface area contributed by atoms with Crippen molar-refractivity contribution in [2.24, 2.45) is 0 Å². The molecule has 0 radical (unpaired) electrons. The summed E-state index contributed by atoms with van der Waals surface area (Å²) in [6.07, 6.45) is 1.73. The molecule has 0 atom stereocenters. The maximum atomic E-state index is 12.5. The minimum absolute atomic E-state index is 0.0384. The molecule has 0 spiro atoms. The Morgan fingerprint density at radius 3 is 2.34 bits per heavy atom. The number of anilines is 1. The summed E-state index contributed by atoms with van der Waals surface area (Å²) in [5, 5.41) is 3.08. The third kappa shape index (κ3) is 5.36. The second kappa shape index (κ2) is 9.97. The molecule has 1 N–H and O–H groups in total. The summed E-state index contributed by atoms with van der Waals surface area (Å²) in [5.41, 5.74) is 4.94. The van der Waals surface area contributed by atoms with Gasteiger partial charge in [-0.3, -0.25) is 14.6 Å². The van der Waals surface area contributed by atoms with Gasteiger partial charge in [0, 0.05) is 44.0 Å². The van der Waals surface area contributed by atoms with E-state index < -0.39 is 0 Å². The average Bonchev–Trinajstić information content (AvgIpc) is 3.26. The highest BCUT2D eigenvalue weighted by atomic mass is 16.5.